The zero-order valence-corrected chi connectivity index (χ0v) is 21.0. The first-order valence-electron chi connectivity index (χ1n) is 12.3. The first-order chi connectivity index (χ1) is 16.8. The van der Waals surface area contributed by atoms with Crippen molar-refractivity contribution in [2.75, 3.05) is 20.2 Å². The summed E-state index contributed by atoms with van der Waals surface area (Å²) >= 11 is 0. The maximum atomic E-state index is 13.7. The summed E-state index contributed by atoms with van der Waals surface area (Å²) in [7, 11) is 1.61. The number of benzene rings is 2. The Morgan fingerprint density at radius 3 is 2.54 bits per heavy atom. The van der Waals surface area contributed by atoms with E-state index in [1.54, 1.807) is 16.9 Å². The van der Waals surface area contributed by atoms with E-state index in [0.29, 0.717) is 30.4 Å². The van der Waals surface area contributed by atoms with E-state index in [-0.39, 0.29) is 24.5 Å². The molecule has 0 aliphatic carbocycles. The summed E-state index contributed by atoms with van der Waals surface area (Å²) in [6, 6.07) is 13.0. The number of nitrogens with zero attached hydrogens (tertiary/aromatic N) is 2. The van der Waals surface area contributed by atoms with Crippen molar-refractivity contribution in [3.8, 4) is 11.5 Å². The van der Waals surface area contributed by atoms with Crippen molar-refractivity contribution in [1.29, 1.82) is 0 Å². The number of ether oxygens (including phenoxy) is 2. The van der Waals surface area contributed by atoms with E-state index in [2.05, 4.69) is 24.9 Å². The van der Waals surface area contributed by atoms with Crippen molar-refractivity contribution in [3.63, 3.8) is 0 Å². The molecule has 184 valence electrons. The number of methoxy groups -OCH3 is 1. The number of para-hydroxylation sites is 1. The predicted molar refractivity (Wildman–Crippen MR) is 135 cm³/mol. The quantitative estimate of drug-likeness (QED) is 0.577. The smallest absolute Gasteiger partial charge is 0.246 e. The highest BCUT2D eigenvalue weighted by atomic mass is 16.5. The van der Waals surface area contributed by atoms with E-state index >= 15 is 0 Å². The predicted octanol–water partition coefficient (Wildman–Crippen LogP) is 4.30. The fourth-order valence-electron chi connectivity index (χ4n) is 5.47. The van der Waals surface area contributed by atoms with Crippen LogP contribution in [0.5, 0.6) is 11.5 Å². The molecule has 0 unspecified atom stereocenters. The molecule has 2 aliphatic heterocycles. The average Bonchev–Trinajstić information content (AvgIpc) is 3.19. The number of nitrogens with one attached hydrogen (secondary N) is 1. The van der Waals surface area contributed by atoms with E-state index < -0.39 is 12.1 Å². The van der Waals surface area contributed by atoms with Crippen molar-refractivity contribution < 1.29 is 19.1 Å². The number of aromatic amines is 1. The van der Waals surface area contributed by atoms with Crippen LogP contribution >= 0.6 is 0 Å². The van der Waals surface area contributed by atoms with Crippen LogP contribution < -0.4 is 9.47 Å². The lowest BCUT2D eigenvalue weighted by Gasteiger charge is -2.47. The summed E-state index contributed by atoms with van der Waals surface area (Å²) in [5.74, 6) is 1.53. The van der Waals surface area contributed by atoms with Gasteiger partial charge in [-0.1, -0.05) is 38.1 Å². The Morgan fingerprint density at radius 2 is 1.83 bits per heavy atom. The van der Waals surface area contributed by atoms with Gasteiger partial charge in [0, 0.05) is 29.6 Å². The van der Waals surface area contributed by atoms with Gasteiger partial charge in [-0.25, -0.2) is 0 Å². The second-order valence-electron chi connectivity index (χ2n) is 10.2. The van der Waals surface area contributed by atoms with E-state index in [1.807, 2.05) is 50.2 Å². The lowest BCUT2D eigenvalue weighted by Crippen LogP contribution is -2.63. The number of fused-ring (bicyclic) bond motifs is 4. The van der Waals surface area contributed by atoms with Gasteiger partial charge < -0.3 is 24.3 Å². The van der Waals surface area contributed by atoms with Crippen LogP contribution in [0, 0.1) is 5.92 Å². The number of amides is 2. The number of rotatable bonds is 6. The van der Waals surface area contributed by atoms with E-state index in [0.717, 1.165) is 27.7 Å². The van der Waals surface area contributed by atoms with Crippen LogP contribution in [0.3, 0.4) is 0 Å². The van der Waals surface area contributed by atoms with E-state index in [1.165, 1.54) is 0 Å². The van der Waals surface area contributed by atoms with Gasteiger partial charge in [0.1, 0.15) is 6.04 Å². The van der Waals surface area contributed by atoms with Crippen LogP contribution in [0.15, 0.2) is 42.5 Å². The molecule has 1 fully saturated rings. The maximum absolute atomic E-state index is 13.7. The van der Waals surface area contributed by atoms with Crippen molar-refractivity contribution in [3.05, 3.63) is 59.3 Å². The number of carbonyl (C=O) groups is 2. The van der Waals surface area contributed by atoms with Gasteiger partial charge >= 0.3 is 0 Å². The van der Waals surface area contributed by atoms with Gasteiger partial charge in [-0.2, -0.15) is 0 Å². The molecule has 1 N–H and O–H groups in total. The van der Waals surface area contributed by atoms with Gasteiger partial charge in [0.25, 0.3) is 0 Å². The van der Waals surface area contributed by atoms with Gasteiger partial charge in [0.05, 0.1) is 25.8 Å². The van der Waals surface area contributed by atoms with Crippen LogP contribution in [0.1, 0.15) is 50.6 Å². The molecule has 0 radical (unpaired) electrons. The molecule has 2 aliphatic rings. The van der Waals surface area contributed by atoms with Crippen molar-refractivity contribution in [1.82, 2.24) is 14.8 Å². The lowest BCUT2D eigenvalue weighted by molar-refractivity contribution is -0.159. The third-order valence-corrected chi connectivity index (χ3v) is 6.79. The van der Waals surface area contributed by atoms with Gasteiger partial charge in [-0.05, 0) is 49.1 Å². The number of hydrogen-bond acceptors (Lipinski definition) is 4. The van der Waals surface area contributed by atoms with Gasteiger partial charge in [-0.15, -0.1) is 0 Å². The highest BCUT2D eigenvalue weighted by molar-refractivity contribution is 5.97. The minimum Gasteiger partial charge on any atom is -0.493 e. The Bertz CT molecular complexity index is 1280. The normalized spacial score (nSPS) is 20.0. The molecule has 7 heteroatoms. The molecular weight excluding hydrogens is 442 g/mol. The van der Waals surface area contributed by atoms with Crippen LogP contribution in [-0.2, 0) is 16.0 Å². The van der Waals surface area contributed by atoms with Gasteiger partial charge in [0.15, 0.2) is 11.5 Å². The summed E-state index contributed by atoms with van der Waals surface area (Å²) in [4.78, 5) is 34.3. The Balaban J connectivity index is 1.66. The minimum atomic E-state index is -0.538. The third-order valence-electron chi connectivity index (χ3n) is 6.79. The Kier molecular flexibility index (Phi) is 5.95. The Morgan fingerprint density at radius 1 is 1.06 bits per heavy atom. The zero-order chi connectivity index (χ0) is 24.9. The van der Waals surface area contributed by atoms with Crippen LogP contribution in [0.25, 0.3) is 10.9 Å². The second-order valence-corrected chi connectivity index (χ2v) is 10.2. The molecule has 1 saturated heterocycles. The Labute approximate surface area is 206 Å². The zero-order valence-electron chi connectivity index (χ0n) is 21.0. The summed E-state index contributed by atoms with van der Waals surface area (Å²) in [6.45, 7) is 8.76. The van der Waals surface area contributed by atoms with Gasteiger partial charge in [0.2, 0.25) is 11.8 Å². The second kappa shape index (κ2) is 8.95. The summed E-state index contributed by atoms with van der Waals surface area (Å²) in [5.41, 5.74) is 3.95. The third kappa shape index (κ3) is 4.03. The van der Waals surface area contributed by atoms with Crippen LogP contribution in [-0.4, -0.2) is 58.9 Å². The maximum Gasteiger partial charge on any atom is 0.246 e. The van der Waals surface area contributed by atoms with Crippen molar-refractivity contribution in [2.24, 2.45) is 5.92 Å². The van der Waals surface area contributed by atoms with E-state index in [9.17, 15) is 9.59 Å². The molecule has 2 amide bonds. The topological polar surface area (TPSA) is 74.9 Å². The monoisotopic (exact) mass is 475 g/mol. The molecule has 0 spiro atoms. The molecule has 3 aromatic rings. The molecule has 3 heterocycles. The van der Waals surface area contributed by atoms with Crippen molar-refractivity contribution in [2.45, 2.75) is 52.3 Å². The SMILES string of the molecule is COc1cc([C@@H]2c3[nH]c4ccccc4c3C[C@H]3C(=O)N(CC(C)C)CC(=O)N23)ccc1OC(C)C. The number of aromatic nitrogens is 1. The fraction of sp³-hybridized carbons (Fsp3) is 0.429. The number of H-pyrrole nitrogens is 1. The summed E-state index contributed by atoms with van der Waals surface area (Å²) < 4.78 is 11.6. The first kappa shape index (κ1) is 23.3. The lowest BCUT2D eigenvalue weighted by atomic mass is 9.86. The molecule has 7 nitrogen and oxygen atoms in total. The van der Waals surface area contributed by atoms with Crippen LogP contribution in [0.2, 0.25) is 0 Å². The number of piperazine rings is 1. The van der Waals surface area contributed by atoms with Crippen LogP contribution in [0.4, 0.5) is 0 Å². The molecule has 1 aromatic heterocycles. The molecule has 2 aromatic carbocycles. The fourth-order valence-corrected chi connectivity index (χ4v) is 5.47. The summed E-state index contributed by atoms with van der Waals surface area (Å²) in [6.07, 6.45) is 0.503. The summed E-state index contributed by atoms with van der Waals surface area (Å²) in [5, 5.41) is 1.10. The first-order valence-corrected chi connectivity index (χ1v) is 12.3. The van der Waals surface area contributed by atoms with E-state index in [4.69, 9.17) is 9.47 Å². The largest absolute Gasteiger partial charge is 0.493 e. The highest BCUT2D eigenvalue weighted by Gasteiger charge is 2.48. The minimum absolute atomic E-state index is 0.00218. The molecular formula is C28H33N3O4. The van der Waals surface area contributed by atoms with Crippen molar-refractivity contribution >= 4 is 22.7 Å². The molecule has 35 heavy (non-hydrogen) atoms. The highest BCUT2D eigenvalue weighted by Crippen LogP contribution is 2.44. The van der Waals surface area contributed by atoms with Gasteiger partial charge in [-0.3, -0.25) is 9.59 Å². The molecule has 0 saturated carbocycles. The molecule has 2 atom stereocenters. The molecule has 0 bridgehead atoms. The molecule has 5 rings (SSSR count). The standard InChI is InChI=1S/C28H33N3O4/c1-16(2)14-30-15-25(32)31-22(28(30)33)13-20-19-8-6-7-9-21(19)29-26(20)27(31)18-10-11-23(35-17(3)4)24(12-18)34-5/h6-12,16-17,22,27,29H,13-15H2,1-5H3/t22-,27+/m0/s1. The number of carbonyl (C=O) groups excluding carboxylic acids is 2. The number of hydrogen-bond donors (Lipinski definition) is 1. The average molecular weight is 476 g/mol. The Hall–Kier alpha value is -3.48.